The van der Waals surface area contributed by atoms with Gasteiger partial charge in [0.05, 0.1) is 13.1 Å². The molecule has 1 aromatic rings. The van der Waals surface area contributed by atoms with Gasteiger partial charge in [-0.2, -0.15) is 0 Å². The molecule has 76 valence electrons. The first kappa shape index (κ1) is 10.0. The van der Waals surface area contributed by atoms with E-state index in [1.165, 1.54) is 37.9 Å². The normalized spacial score (nSPS) is 18.4. The van der Waals surface area contributed by atoms with Crippen molar-refractivity contribution in [3.63, 3.8) is 0 Å². The molecule has 0 bridgehead atoms. The molecule has 1 saturated heterocycles. The number of nitrogens with one attached hydrogen (secondary N) is 1. The van der Waals surface area contributed by atoms with Crippen LogP contribution in [0.2, 0.25) is 5.02 Å². The van der Waals surface area contributed by atoms with Crippen LogP contribution in [0.4, 0.5) is 0 Å². The van der Waals surface area contributed by atoms with Gasteiger partial charge in [-0.3, -0.25) is 0 Å². The highest BCUT2D eigenvalue weighted by Crippen LogP contribution is 2.08. The Balaban J connectivity index is 1.92. The van der Waals surface area contributed by atoms with Crippen LogP contribution < -0.4 is 4.90 Å². The van der Waals surface area contributed by atoms with Gasteiger partial charge in [-0.15, -0.1) is 0 Å². The van der Waals surface area contributed by atoms with Crippen molar-refractivity contribution < 1.29 is 4.90 Å². The number of hydrogen-bond acceptors (Lipinski definition) is 0. The molecule has 1 aliphatic heterocycles. The summed E-state index contributed by atoms with van der Waals surface area (Å²) < 4.78 is 0. The largest absolute Gasteiger partial charge is 0.331 e. The molecule has 0 amide bonds. The molecule has 0 atom stereocenters. The Bertz CT molecular complexity index is 275. The Hall–Kier alpha value is -0.530. The molecule has 0 radical (unpaired) electrons. The van der Waals surface area contributed by atoms with Crippen LogP contribution in [0, 0.1) is 0 Å². The van der Waals surface area contributed by atoms with Gasteiger partial charge in [0.1, 0.15) is 6.54 Å². The predicted molar refractivity (Wildman–Crippen MR) is 59.7 cm³/mol. The average Bonchev–Trinajstić information content (AvgIpc) is 2.23. The molecule has 1 aliphatic rings. The summed E-state index contributed by atoms with van der Waals surface area (Å²) in [7, 11) is 0. The number of hydrogen-bond donors (Lipinski definition) is 1. The van der Waals surface area contributed by atoms with Crippen LogP contribution in [0.15, 0.2) is 24.3 Å². The summed E-state index contributed by atoms with van der Waals surface area (Å²) in [5.74, 6) is 0. The van der Waals surface area contributed by atoms with Crippen molar-refractivity contribution in [3.8, 4) is 0 Å². The van der Waals surface area contributed by atoms with E-state index in [4.69, 9.17) is 11.6 Å². The van der Waals surface area contributed by atoms with Gasteiger partial charge in [-0.1, -0.05) is 23.7 Å². The molecule has 0 aliphatic carbocycles. The fraction of sp³-hybridized carbons (Fsp3) is 0.500. The summed E-state index contributed by atoms with van der Waals surface area (Å²) in [5, 5.41) is 0.836. The second kappa shape index (κ2) is 4.81. The fourth-order valence-electron chi connectivity index (χ4n) is 2.12. The van der Waals surface area contributed by atoms with Crippen LogP contribution in [-0.4, -0.2) is 13.1 Å². The van der Waals surface area contributed by atoms with Crippen LogP contribution >= 0.6 is 11.6 Å². The smallest absolute Gasteiger partial charge is 0.103 e. The monoisotopic (exact) mass is 210 g/mol. The molecule has 1 heterocycles. The number of benzene rings is 1. The van der Waals surface area contributed by atoms with Crippen molar-refractivity contribution in [2.75, 3.05) is 13.1 Å². The molecule has 0 saturated carbocycles. The Labute approximate surface area is 90.7 Å². The van der Waals surface area contributed by atoms with Crippen LogP contribution in [-0.2, 0) is 6.54 Å². The fourth-order valence-corrected chi connectivity index (χ4v) is 2.25. The van der Waals surface area contributed by atoms with Crippen molar-refractivity contribution in [3.05, 3.63) is 34.9 Å². The van der Waals surface area contributed by atoms with Crippen molar-refractivity contribution in [2.45, 2.75) is 25.8 Å². The van der Waals surface area contributed by atoms with E-state index in [1.54, 1.807) is 4.90 Å². The highest BCUT2D eigenvalue weighted by molar-refractivity contribution is 6.30. The summed E-state index contributed by atoms with van der Waals surface area (Å²) in [6.07, 6.45) is 4.20. The summed E-state index contributed by atoms with van der Waals surface area (Å²) in [5.41, 5.74) is 1.41. The molecule has 1 aromatic carbocycles. The van der Waals surface area contributed by atoms with Gasteiger partial charge in [0.25, 0.3) is 0 Å². The summed E-state index contributed by atoms with van der Waals surface area (Å²) in [6.45, 7) is 3.84. The van der Waals surface area contributed by atoms with Crippen LogP contribution in [0.25, 0.3) is 0 Å². The zero-order valence-electron chi connectivity index (χ0n) is 8.43. The van der Waals surface area contributed by atoms with Gasteiger partial charge in [0, 0.05) is 10.6 Å². The lowest BCUT2D eigenvalue weighted by atomic mass is 10.1. The minimum Gasteiger partial charge on any atom is -0.331 e. The minimum absolute atomic E-state index is 0.836. The average molecular weight is 211 g/mol. The lowest BCUT2D eigenvalue weighted by Gasteiger charge is -2.23. The van der Waals surface area contributed by atoms with Gasteiger partial charge in [0.2, 0.25) is 0 Å². The Kier molecular flexibility index (Phi) is 3.44. The Morgan fingerprint density at radius 3 is 2.29 bits per heavy atom. The van der Waals surface area contributed by atoms with Crippen LogP contribution in [0.3, 0.4) is 0 Å². The van der Waals surface area contributed by atoms with Crippen LogP contribution in [0.1, 0.15) is 24.8 Å². The zero-order chi connectivity index (χ0) is 9.80. The number of likely N-dealkylation sites (tertiary alicyclic amines) is 1. The molecule has 1 N–H and O–H groups in total. The first-order valence-corrected chi connectivity index (χ1v) is 5.80. The minimum atomic E-state index is 0.836. The Morgan fingerprint density at radius 1 is 1.00 bits per heavy atom. The second-order valence-corrected chi connectivity index (χ2v) is 4.55. The lowest BCUT2D eigenvalue weighted by molar-refractivity contribution is -0.918. The topological polar surface area (TPSA) is 4.44 Å². The predicted octanol–water partition coefficient (Wildman–Crippen LogP) is 1.91. The van der Waals surface area contributed by atoms with Crippen molar-refractivity contribution in [1.29, 1.82) is 0 Å². The highest BCUT2D eigenvalue weighted by Gasteiger charge is 2.13. The lowest BCUT2D eigenvalue weighted by Crippen LogP contribution is -3.11. The molecule has 2 heteroatoms. The maximum Gasteiger partial charge on any atom is 0.103 e. The van der Waals surface area contributed by atoms with E-state index in [0.29, 0.717) is 0 Å². The molecule has 1 nitrogen and oxygen atoms in total. The van der Waals surface area contributed by atoms with E-state index in [2.05, 4.69) is 12.1 Å². The molecular formula is C12H17ClN+. The maximum atomic E-state index is 5.85. The third kappa shape index (κ3) is 2.73. The van der Waals surface area contributed by atoms with Crippen LogP contribution in [0.5, 0.6) is 0 Å². The molecular weight excluding hydrogens is 194 g/mol. The van der Waals surface area contributed by atoms with E-state index in [1.807, 2.05) is 12.1 Å². The number of quaternary nitrogens is 1. The highest BCUT2D eigenvalue weighted by atomic mass is 35.5. The number of rotatable bonds is 2. The van der Waals surface area contributed by atoms with E-state index in [0.717, 1.165) is 11.6 Å². The van der Waals surface area contributed by atoms with E-state index in [9.17, 15) is 0 Å². The van der Waals surface area contributed by atoms with Gasteiger partial charge in [0.15, 0.2) is 0 Å². The first-order chi connectivity index (χ1) is 6.84. The summed E-state index contributed by atoms with van der Waals surface area (Å²) >= 11 is 5.85. The molecule has 14 heavy (non-hydrogen) atoms. The van der Waals surface area contributed by atoms with Crippen molar-refractivity contribution >= 4 is 11.6 Å². The molecule has 2 rings (SSSR count). The summed E-state index contributed by atoms with van der Waals surface area (Å²) in [6, 6.07) is 8.26. The van der Waals surface area contributed by atoms with E-state index in [-0.39, 0.29) is 0 Å². The maximum absolute atomic E-state index is 5.85. The molecule has 1 fully saturated rings. The van der Waals surface area contributed by atoms with Gasteiger partial charge < -0.3 is 4.90 Å². The van der Waals surface area contributed by atoms with Gasteiger partial charge in [-0.25, -0.2) is 0 Å². The Morgan fingerprint density at radius 2 is 1.64 bits per heavy atom. The third-order valence-corrected chi connectivity index (χ3v) is 3.18. The number of halogens is 1. The molecule has 0 aromatic heterocycles. The zero-order valence-corrected chi connectivity index (χ0v) is 9.19. The molecule has 0 spiro atoms. The SMILES string of the molecule is Clc1ccc(C[NH+]2CCCCC2)cc1. The van der Waals surface area contributed by atoms with Crippen molar-refractivity contribution in [2.24, 2.45) is 0 Å². The van der Waals surface area contributed by atoms with E-state index >= 15 is 0 Å². The van der Waals surface area contributed by atoms with Crippen molar-refractivity contribution in [1.82, 2.24) is 0 Å². The standard InChI is InChI=1S/C12H16ClN/c13-12-6-4-11(5-7-12)10-14-8-2-1-3-9-14/h4-7H,1-3,8-10H2/p+1. The third-order valence-electron chi connectivity index (χ3n) is 2.93. The van der Waals surface area contributed by atoms with Gasteiger partial charge >= 0.3 is 0 Å². The number of piperidine rings is 1. The first-order valence-electron chi connectivity index (χ1n) is 5.42. The molecule has 0 unspecified atom stereocenters. The second-order valence-electron chi connectivity index (χ2n) is 4.11. The van der Waals surface area contributed by atoms with E-state index < -0.39 is 0 Å². The quantitative estimate of drug-likeness (QED) is 0.761. The van der Waals surface area contributed by atoms with Gasteiger partial charge in [-0.05, 0) is 31.4 Å². The summed E-state index contributed by atoms with van der Waals surface area (Å²) in [4.78, 5) is 1.72.